The second kappa shape index (κ2) is 7.00. The molecule has 0 aliphatic carbocycles. The summed E-state index contributed by atoms with van der Waals surface area (Å²) in [7, 11) is -3.79. The number of rotatable bonds is 6. The highest BCUT2D eigenvalue weighted by atomic mass is 32.2. The first-order chi connectivity index (χ1) is 11.2. The number of aryl methyl sites for hydroxylation is 1. The van der Waals surface area contributed by atoms with Crippen LogP contribution in [0.4, 0.5) is 11.4 Å². The lowest BCUT2D eigenvalue weighted by molar-refractivity contribution is -0.385. The van der Waals surface area contributed by atoms with Gasteiger partial charge in [0.25, 0.3) is 15.7 Å². The van der Waals surface area contributed by atoms with E-state index in [2.05, 4.69) is 18.6 Å². The van der Waals surface area contributed by atoms with E-state index in [-0.39, 0.29) is 16.3 Å². The summed E-state index contributed by atoms with van der Waals surface area (Å²) in [6.45, 7) is 5.79. The molecule has 0 aromatic heterocycles. The smallest absolute Gasteiger partial charge is 0.274 e. The quantitative estimate of drug-likeness (QED) is 0.633. The highest BCUT2D eigenvalue weighted by molar-refractivity contribution is 7.92. The maximum atomic E-state index is 12.4. The summed E-state index contributed by atoms with van der Waals surface area (Å²) in [5.41, 5.74) is 1.58. The number of nitro groups is 1. The van der Waals surface area contributed by atoms with E-state index in [1.165, 1.54) is 18.2 Å². The molecule has 0 saturated carbocycles. The first kappa shape index (κ1) is 17.9. The second-order valence-electron chi connectivity index (χ2n) is 6.11. The van der Waals surface area contributed by atoms with E-state index in [1.54, 1.807) is 31.2 Å². The molecule has 0 atom stereocenters. The number of benzene rings is 2. The predicted molar refractivity (Wildman–Crippen MR) is 93.6 cm³/mol. The topological polar surface area (TPSA) is 89.3 Å². The molecule has 6 nitrogen and oxygen atoms in total. The maximum absolute atomic E-state index is 12.4. The molecule has 0 aliphatic rings. The van der Waals surface area contributed by atoms with E-state index < -0.39 is 14.9 Å². The summed E-state index contributed by atoms with van der Waals surface area (Å²) in [5, 5.41) is 11.0. The van der Waals surface area contributed by atoms with Gasteiger partial charge in [-0.05, 0) is 43.0 Å². The van der Waals surface area contributed by atoms with Crippen molar-refractivity contribution < 1.29 is 13.3 Å². The fourth-order valence-corrected chi connectivity index (χ4v) is 3.41. The Balaban J connectivity index is 2.25. The Hall–Kier alpha value is -2.41. The van der Waals surface area contributed by atoms with Crippen LogP contribution in [0.15, 0.2) is 47.4 Å². The minimum atomic E-state index is -3.79. The Labute approximate surface area is 141 Å². The van der Waals surface area contributed by atoms with Gasteiger partial charge in [-0.3, -0.25) is 14.8 Å². The summed E-state index contributed by atoms with van der Waals surface area (Å²) in [5.74, 6) is 0.485. The molecule has 0 saturated heterocycles. The molecule has 128 valence electrons. The standard InChI is InChI=1S/C17H20N2O4S/c1-12(2)10-14-5-8-16(9-6-14)24(22,23)18-15-7-4-13(3)17(11-15)19(20)21/h4-9,11-12,18H,10H2,1-3H3. The molecule has 24 heavy (non-hydrogen) atoms. The minimum Gasteiger partial charge on any atom is -0.279 e. The van der Waals surface area contributed by atoms with Gasteiger partial charge in [0, 0.05) is 11.6 Å². The van der Waals surface area contributed by atoms with Gasteiger partial charge >= 0.3 is 0 Å². The summed E-state index contributed by atoms with van der Waals surface area (Å²) in [6.07, 6.45) is 0.873. The second-order valence-corrected chi connectivity index (χ2v) is 7.79. The van der Waals surface area contributed by atoms with Crippen LogP contribution in [0.25, 0.3) is 0 Å². The van der Waals surface area contributed by atoms with Gasteiger partial charge in [-0.2, -0.15) is 0 Å². The van der Waals surface area contributed by atoms with Crippen LogP contribution in [0.5, 0.6) is 0 Å². The summed E-state index contributed by atoms with van der Waals surface area (Å²) in [4.78, 5) is 10.6. The monoisotopic (exact) mass is 348 g/mol. The van der Waals surface area contributed by atoms with E-state index in [4.69, 9.17) is 0 Å². The van der Waals surface area contributed by atoms with E-state index in [1.807, 2.05) is 0 Å². The third-order valence-electron chi connectivity index (χ3n) is 3.54. The normalized spacial score (nSPS) is 11.5. The van der Waals surface area contributed by atoms with E-state index >= 15 is 0 Å². The number of hydrogen-bond acceptors (Lipinski definition) is 4. The van der Waals surface area contributed by atoms with Gasteiger partial charge in [-0.15, -0.1) is 0 Å². The largest absolute Gasteiger partial charge is 0.279 e. The zero-order chi connectivity index (χ0) is 17.9. The zero-order valence-corrected chi connectivity index (χ0v) is 14.6. The van der Waals surface area contributed by atoms with Crippen molar-refractivity contribution in [3.05, 3.63) is 63.7 Å². The zero-order valence-electron chi connectivity index (χ0n) is 13.8. The molecule has 0 bridgehead atoms. The average molecular weight is 348 g/mol. The van der Waals surface area contributed by atoms with Gasteiger partial charge in [-0.25, -0.2) is 8.42 Å². The number of nitrogens with one attached hydrogen (secondary N) is 1. The van der Waals surface area contributed by atoms with Crippen molar-refractivity contribution in [1.29, 1.82) is 0 Å². The molecule has 0 radical (unpaired) electrons. The minimum absolute atomic E-state index is 0.123. The molecule has 2 rings (SSSR count). The molecule has 7 heteroatoms. The SMILES string of the molecule is Cc1ccc(NS(=O)(=O)c2ccc(CC(C)C)cc2)cc1[N+](=O)[O-]. The Kier molecular flexibility index (Phi) is 5.23. The number of nitrogens with zero attached hydrogens (tertiary/aromatic N) is 1. The average Bonchev–Trinajstić information content (AvgIpc) is 2.48. The Morgan fingerprint density at radius 2 is 1.75 bits per heavy atom. The van der Waals surface area contributed by atoms with Crippen molar-refractivity contribution in [2.75, 3.05) is 4.72 Å². The highest BCUT2D eigenvalue weighted by Gasteiger charge is 2.17. The number of hydrogen-bond donors (Lipinski definition) is 1. The molecule has 0 amide bonds. The molecule has 1 N–H and O–H groups in total. The number of anilines is 1. The van der Waals surface area contributed by atoms with Gasteiger partial charge in [0.05, 0.1) is 15.5 Å². The fraction of sp³-hybridized carbons (Fsp3) is 0.294. The van der Waals surface area contributed by atoms with Crippen LogP contribution in [0.2, 0.25) is 0 Å². The van der Waals surface area contributed by atoms with Crippen LogP contribution < -0.4 is 4.72 Å². The number of sulfonamides is 1. The van der Waals surface area contributed by atoms with Crippen LogP contribution >= 0.6 is 0 Å². The number of nitro benzene ring substituents is 1. The molecular formula is C17H20N2O4S. The first-order valence-electron chi connectivity index (χ1n) is 7.56. The lowest BCUT2D eigenvalue weighted by Crippen LogP contribution is -2.13. The molecule has 0 unspecified atom stereocenters. The van der Waals surface area contributed by atoms with Crippen molar-refractivity contribution in [2.24, 2.45) is 5.92 Å². The third-order valence-corrected chi connectivity index (χ3v) is 4.93. The lowest BCUT2D eigenvalue weighted by Gasteiger charge is -2.10. The highest BCUT2D eigenvalue weighted by Crippen LogP contribution is 2.24. The van der Waals surface area contributed by atoms with E-state index in [0.29, 0.717) is 11.5 Å². The van der Waals surface area contributed by atoms with Crippen molar-refractivity contribution in [2.45, 2.75) is 32.1 Å². The molecule has 0 aliphatic heterocycles. The van der Waals surface area contributed by atoms with Gasteiger partial charge in [0.2, 0.25) is 0 Å². The van der Waals surface area contributed by atoms with Crippen LogP contribution in [0.3, 0.4) is 0 Å². The first-order valence-corrected chi connectivity index (χ1v) is 9.04. The van der Waals surface area contributed by atoms with Crippen molar-refractivity contribution >= 4 is 21.4 Å². The molecular weight excluding hydrogens is 328 g/mol. The van der Waals surface area contributed by atoms with Gasteiger partial charge in [0.15, 0.2) is 0 Å². The van der Waals surface area contributed by atoms with Crippen LogP contribution in [-0.2, 0) is 16.4 Å². The molecule has 2 aromatic carbocycles. The summed E-state index contributed by atoms with van der Waals surface area (Å²) in [6, 6.07) is 10.9. The van der Waals surface area contributed by atoms with Crippen LogP contribution in [0, 0.1) is 23.0 Å². The van der Waals surface area contributed by atoms with Crippen molar-refractivity contribution in [1.82, 2.24) is 0 Å². The van der Waals surface area contributed by atoms with Crippen LogP contribution in [0.1, 0.15) is 25.0 Å². The molecule has 2 aromatic rings. The van der Waals surface area contributed by atoms with Crippen LogP contribution in [-0.4, -0.2) is 13.3 Å². The fourth-order valence-electron chi connectivity index (χ4n) is 2.36. The van der Waals surface area contributed by atoms with E-state index in [0.717, 1.165) is 12.0 Å². The maximum Gasteiger partial charge on any atom is 0.274 e. The Morgan fingerprint density at radius 1 is 1.12 bits per heavy atom. The van der Waals surface area contributed by atoms with Gasteiger partial charge < -0.3 is 0 Å². The van der Waals surface area contributed by atoms with Gasteiger partial charge in [0.1, 0.15) is 0 Å². The molecule has 0 heterocycles. The lowest BCUT2D eigenvalue weighted by atomic mass is 10.0. The third kappa shape index (κ3) is 4.32. The molecule has 0 fully saturated rings. The van der Waals surface area contributed by atoms with Crippen molar-refractivity contribution in [3.8, 4) is 0 Å². The summed E-state index contributed by atoms with van der Waals surface area (Å²) < 4.78 is 27.2. The van der Waals surface area contributed by atoms with E-state index in [9.17, 15) is 18.5 Å². The van der Waals surface area contributed by atoms with Gasteiger partial charge in [-0.1, -0.05) is 32.0 Å². The van der Waals surface area contributed by atoms with Crippen molar-refractivity contribution in [3.63, 3.8) is 0 Å². The summed E-state index contributed by atoms with van der Waals surface area (Å²) >= 11 is 0. The predicted octanol–water partition coefficient (Wildman–Crippen LogP) is 3.90. The Bertz CT molecular complexity index is 843. The Morgan fingerprint density at radius 3 is 2.29 bits per heavy atom. The molecule has 0 spiro atoms.